The van der Waals surface area contributed by atoms with Crippen molar-refractivity contribution in [2.45, 2.75) is 46.3 Å². The van der Waals surface area contributed by atoms with Gasteiger partial charge in [-0.3, -0.25) is 10.1 Å². The molecular formula is C14H18FNO5. The normalized spacial score (nSPS) is 12.7. The van der Waals surface area contributed by atoms with Gasteiger partial charge >= 0.3 is 5.97 Å². The first-order chi connectivity index (χ1) is 9.51. The summed E-state index contributed by atoms with van der Waals surface area (Å²) < 4.78 is 24.1. The largest absolute Gasteiger partial charge is 0.476 e. The van der Waals surface area contributed by atoms with Gasteiger partial charge in [0.2, 0.25) is 0 Å². The first-order valence-electron chi connectivity index (χ1n) is 6.35. The van der Waals surface area contributed by atoms with Crippen molar-refractivity contribution < 1.29 is 23.6 Å². The molecule has 6 nitrogen and oxygen atoms in total. The number of benzene rings is 1. The van der Waals surface area contributed by atoms with Gasteiger partial charge in [-0.05, 0) is 40.7 Å². The minimum absolute atomic E-state index is 0.226. The van der Waals surface area contributed by atoms with Gasteiger partial charge in [0.05, 0.1) is 11.0 Å². The second-order valence-electron chi connectivity index (χ2n) is 5.62. The molecule has 0 aliphatic rings. The maximum Gasteiger partial charge on any atom is 0.347 e. The molecule has 0 N–H and O–H groups in total. The Bertz CT molecular complexity index is 565. The molecule has 7 heteroatoms. The van der Waals surface area contributed by atoms with Gasteiger partial charge < -0.3 is 9.47 Å². The van der Waals surface area contributed by atoms with E-state index < -0.39 is 28.4 Å². The van der Waals surface area contributed by atoms with E-state index in [0.717, 1.165) is 6.07 Å². The molecule has 0 radical (unpaired) electrons. The van der Waals surface area contributed by atoms with E-state index in [9.17, 15) is 19.3 Å². The molecule has 1 atom stereocenters. The van der Waals surface area contributed by atoms with Crippen LogP contribution in [-0.4, -0.2) is 22.6 Å². The fourth-order valence-corrected chi connectivity index (χ4v) is 1.55. The number of esters is 1. The number of rotatable bonds is 4. The predicted octanol–water partition coefficient (Wildman–Crippen LogP) is 3.15. The van der Waals surface area contributed by atoms with Crippen LogP contribution >= 0.6 is 0 Å². The Hall–Kier alpha value is -2.18. The van der Waals surface area contributed by atoms with Crippen LogP contribution in [0.3, 0.4) is 0 Å². The Labute approximate surface area is 122 Å². The number of halogens is 1. The van der Waals surface area contributed by atoms with Crippen molar-refractivity contribution in [3.63, 3.8) is 0 Å². The monoisotopic (exact) mass is 299 g/mol. The van der Waals surface area contributed by atoms with E-state index in [1.807, 2.05) is 0 Å². The Morgan fingerprint density at radius 1 is 1.38 bits per heavy atom. The summed E-state index contributed by atoms with van der Waals surface area (Å²) in [5.41, 5.74) is -0.781. The maximum atomic E-state index is 13.8. The summed E-state index contributed by atoms with van der Waals surface area (Å²) in [4.78, 5) is 21.8. The molecule has 0 bridgehead atoms. The maximum absolute atomic E-state index is 13.8. The molecule has 1 unspecified atom stereocenters. The van der Waals surface area contributed by atoms with Gasteiger partial charge in [-0.1, -0.05) is 0 Å². The lowest BCUT2D eigenvalue weighted by atomic mass is 10.2. The van der Waals surface area contributed by atoms with Crippen LogP contribution in [-0.2, 0) is 9.53 Å². The molecule has 1 aromatic rings. The van der Waals surface area contributed by atoms with Crippen molar-refractivity contribution in [1.82, 2.24) is 0 Å². The number of nitro groups is 1. The van der Waals surface area contributed by atoms with Crippen LogP contribution in [0.15, 0.2) is 12.1 Å². The highest BCUT2D eigenvalue weighted by Gasteiger charge is 2.25. The number of hydrogen-bond donors (Lipinski definition) is 0. The average Bonchev–Trinajstić information content (AvgIpc) is 2.30. The standard InChI is InChI=1S/C14H18FNO5/c1-8-6-12(10(15)7-11(8)16(18)19)20-9(2)13(17)21-14(3,4)5/h6-7,9H,1-5H3. The molecule has 0 aromatic heterocycles. The highest BCUT2D eigenvalue weighted by molar-refractivity contribution is 5.75. The van der Waals surface area contributed by atoms with E-state index in [-0.39, 0.29) is 17.0 Å². The van der Waals surface area contributed by atoms with Crippen LogP contribution in [0.25, 0.3) is 0 Å². The molecule has 0 heterocycles. The summed E-state index contributed by atoms with van der Waals surface area (Å²) in [6, 6.07) is 1.96. The third-order valence-corrected chi connectivity index (χ3v) is 2.49. The third kappa shape index (κ3) is 4.70. The van der Waals surface area contributed by atoms with Crippen molar-refractivity contribution >= 4 is 11.7 Å². The molecule has 0 amide bonds. The summed E-state index contributed by atoms with van der Waals surface area (Å²) in [7, 11) is 0. The molecule has 0 aliphatic carbocycles. The van der Waals surface area contributed by atoms with E-state index in [2.05, 4.69) is 0 Å². The van der Waals surface area contributed by atoms with Gasteiger partial charge in [-0.15, -0.1) is 0 Å². The molecule has 0 saturated carbocycles. The van der Waals surface area contributed by atoms with Gasteiger partial charge in [0.15, 0.2) is 17.7 Å². The summed E-state index contributed by atoms with van der Waals surface area (Å²) in [5, 5.41) is 10.7. The molecule has 21 heavy (non-hydrogen) atoms. The number of ether oxygens (including phenoxy) is 2. The Balaban J connectivity index is 2.91. The number of nitro benzene ring substituents is 1. The van der Waals surface area contributed by atoms with E-state index in [1.165, 1.54) is 19.9 Å². The van der Waals surface area contributed by atoms with Gasteiger partial charge in [-0.25, -0.2) is 9.18 Å². The smallest absolute Gasteiger partial charge is 0.347 e. The Morgan fingerprint density at radius 2 is 1.95 bits per heavy atom. The van der Waals surface area contributed by atoms with E-state index in [4.69, 9.17) is 9.47 Å². The summed E-state index contributed by atoms with van der Waals surface area (Å²) in [6.07, 6.45) is -1.03. The van der Waals surface area contributed by atoms with Gasteiger partial charge in [0, 0.05) is 5.56 Å². The lowest BCUT2D eigenvalue weighted by Crippen LogP contribution is -2.33. The zero-order valence-corrected chi connectivity index (χ0v) is 12.6. The summed E-state index contributed by atoms with van der Waals surface area (Å²) in [5.74, 6) is -1.77. The summed E-state index contributed by atoms with van der Waals surface area (Å²) >= 11 is 0. The van der Waals surface area contributed by atoms with Crippen molar-refractivity contribution in [3.05, 3.63) is 33.6 Å². The van der Waals surface area contributed by atoms with Gasteiger partial charge in [0.25, 0.3) is 5.69 Å². The van der Waals surface area contributed by atoms with E-state index in [0.29, 0.717) is 0 Å². The van der Waals surface area contributed by atoms with Crippen LogP contribution in [0, 0.1) is 22.9 Å². The van der Waals surface area contributed by atoms with Crippen molar-refractivity contribution in [1.29, 1.82) is 0 Å². The minimum atomic E-state index is -1.03. The highest BCUT2D eigenvalue weighted by Crippen LogP contribution is 2.28. The fourth-order valence-electron chi connectivity index (χ4n) is 1.55. The van der Waals surface area contributed by atoms with Crippen molar-refractivity contribution in [2.75, 3.05) is 0 Å². The quantitative estimate of drug-likeness (QED) is 0.485. The lowest BCUT2D eigenvalue weighted by Gasteiger charge is -2.22. The van der Waals surface area contributed by atoms with Crippen LogP contribution < -0.4 is 4.74 Å². The summed E-state index contributed by atoms with van der Waals surface area (Å²) in [6.45, 7) is 7.99. The van der Waals surface area contributed by atoms with Crippen LogP contribution in [0.5, 0.6) is 5.75 Å². The minimum Gasteiger partial charge on any atom is -0.476 e. The molecule has 0 fully saturated rings. The average molecular weight is 299 g/mol. The Kier molecular flexibility index (Phi) is 4.88. The van der Waals surface area contributed by atoms with E-state index >= 15 is 0 Å². The van der Waals surface area contributed by atoms with Crippen LogP contribution in [0.1, 0.15) is 33.3 Å². The zero-order valence-electron chi connectivity index (χ0n) is 12.6. The van der Waals surface area contributed by atoms with Crippen molar-refractivity contribution in [2.24, 2.45) is 0 Å². The van der Waals surface area contributed by atoms with Crippen LogP contribution in [0.2, 0.25) is 0 Å². The Morgan fingerprint density at radius 3 is 2.43 bits per heavy atom. The number of aryl methyl sites for hydroxylation is 1. The molecule has 0 saturated heterocycles. The fraction of sp³-hybridized carbons (Fsp3) is 0.500. The lowest BCUT2D eigenvalue weighted by molar-refractivity contribution is -0.385. The number of carbonyl (C=O) groups is 1. The third-order valence-electron chi connectivity index (χ3n) is 2.49. The van der Waals surface area contributed by atoms with Gasteiger partial charge in [0.1, 0.15) is 5.60 Å². The highest BCUT2D eigenvalue weighted by atomic mass is 19.1. The van der Waals surface area contributed by atoms with E-state index in [1.54, 1.807) is 20.8 Å². The SMILES string of the molecule is Cc1cc(OC(C)C(=O)OC(C)(C)C)c(F)cc1[N+](=O)[O-]. The number of nitrogens with zero attached hydrogens (tertiary/aromatic N) is 1. The molecule has 1 aromatic carbocycles. The second kappa shape index (κ2) is 6.07. The van der Waals surface area contributed by atoms with Crippen molar-refractivity contribution in [3.8, 4) is 5.75 Å². The molecule has 1 rings (SSSR count). The number of hydrogen-bond acceptors (Lipinski definition) is 5. The number of carbonyl (C=O) groups excluding carboxylic acids is 1. The first kappa shape index (κ1) is 16.9. The zero-order chi connectivity index (χ0) is 16.4. The first-order valence-corrected chi connectivity index (χ1v) is 6.35. The molecule has 116 valence electrons. The van der Waals surface area contributed by atoms with Crippen LogP contribution in [0.4, 0.5) is 10.1 Å². The molecule has 0 aliphatic heterocycles. The van der Waals surface area contributed by atoms with Gasteiger partial charge in [-0.2, -0.15) is 0 Å². The topological polar surface area (TPSA) is 78.7 Å². The molecular weight excluding hydrogens is 281 g/mol. The second-order valence-corrected chi connectivity index (χ2v) is 5.62. The molecule has 0 spiro atoms. The predicted molar refractivity (Wildman–Crippen MR) is 73.7 cm³/mol.